The lowest BCUT2D eigenvalue weighted by molar-refractivity contribution is -0.283. The molecule has 1 aromatic carbocycles. The molecule has 2 bridgehead atoms. The Labute approximate surface area is 225 Å². The van der Waals surface area contributed by atoms with Gasteiger partial charge in [-0.15, -0.1) is 31.1 Å². The molecule has 0 saturated heterocycles. The fourth-order valence-corrected chi connectivity index (χ4v) is 6.92. The zero-order valence-corrected chi connectivity index (χ0v) is 22.2. The van der Waals surface area contributed by atoms with Gasteiger partial charge in [0.2, 0.25) is 0 Å². The normalized spacial score (nSPS) is 25.1. The minimum Gasteiger partial charge on any atom is -0.440 e. The summed E-state index contributed by atoms with van der Waals surface area (Å²) < 4.78 is 98.1. The smallest absolute Gasteiger partial charge is 0.440 e. The van der Waals surface area contributed by atoms with Crippen molar-refractivity contribution in [2.45, 2.75) is 63.6 Å². The summed E-state index contributed by atoms with van der Waals surface area (Å²) in [5, 5.41) is 1.87. The molecule has 2 aliphatic rings. The van der Waals surface area contributed by atoms with E-state index < -0.39 is 35.0 Å². The van der Waals surface area contributed by atoms with Crippen molar-refractivity contribution in [3.8, 4) is 16.3 Å². The van der Waals surface area contributed by atoms with Crippen LogP contribution in [0.3, 0.4) is 0 Å². The Morgan fingerprint density at radius 3 is 2.54 bits per heavy atom. The van der Waals surface area contributed by atoms with E-state index >= 15 is 0 Å². The second kappa shape index (κ2) is 10.1. The predicted octanol–water partition coefficient (Wildman–Crippen LogP) is 8.44. The Morgan fingerprint density at radius 2 is 1.92 bits per heavy atom. The number of aryl methyl sites for hydroxylation is 1. The summed E-state index contributed by atoms with van der Waals surface area (Å²) in [5.74, 6) is 1.15. The lowest BCUT2D eigenvalue weighted by Gasteiger charge is -2.32. The molecule has 2 saturated carbocycles. The molecule has 2 aliphatic carbocycles. The van der Waals surface area contributed by atoms with Crippen molar-refractivity contribution in [3.63, 3.8) is 0 Å². The van der Waals surface area contributed by atoms with Crippen LogP contribution in [-0.2, 0) is 16.8 Å². The minimum absolute atomic E-state index is 0.0836. The van der Waals surface area contributed by atoms with Gasteiger partial charge in [0.25, 0.3) is 0 Å². The van der Waals surface area contributed by atoms with Gasteiger partial charge < -0.3 is 13.9 Å². The molecular formula is C27H28F6N2O3S. The third-order valence-electron chi connectivity index (χ3n) is 8.23. The van der Waals surface area contributed by atoms with Crippen molar-refractivity contribution in [3.05, 3.63) is 41.8 Å². The summed E-state index contributed by atoms with van der Waals surface area (Å²) in [7, 11) is 0.778. The van der Waals surface area contributed by atoms with Crippen LogP contribution in [0.15, 0.2) is 34.7 Å². The molecule has 5 atom stereocenters. The molecule has 0 radical (unpaired) electrons. The van der Waals surface area contributed by atoms with Crippen LogP contribution in [0.2, 0.25) is 0 Å². The second-order valence-corrected chi connectivity index (χ2v) is 11.5. The molecule has 5 unspecified atom stereocenters. The summed E-state index contributed by atoms with van der Waals surface area (Å²) in [4.78, 5) is 8.43. The molecule has 12 heteroatoms. The van der Waals surface area contributed by atoms with E-state index in [1.54, 1.807) is 5.38 Å². The fourth-order valence-electron chi connectivity index (χ4n) is 6.27. The maximum Gasteiger partial charge on any atom is 0.573 e. The molecule has 2 heterocycles. The molecule has 0 amide bonds. The highest BCUT2D eigenvalue weighted by Gasteiger charge is 2.56. The molecule has 0 spiro atoms. The first-order valence-corrected chi connectivity index (χ1v) is 13.6. The van der Waals surface area contributed by atoms with Crippen LogP contribution in [0.4, 0.5) is 26.3 Å². The minimum atomic E-state index is -5.28. The quantitative estimate of drug-likeness (QED) is 0.200. The first-order chi connectivity index (χ1) is 18.3. The van der Waals surface area contributed by atoms with Crippen molar-refractivity contribution in [1.82, 2.24) is 9.97 Å². The number of hydrogen-bond acceptors (Lipinski definition) is 6. The van der Waals surface area contributed by atoms with Gasteiger partial charge in [-0.2, -0.15) is 13.2 Å². The highest BCUT2D eigenvalue weighted by atomic mass is 32.1. The Hall–Kier alpha value is -2.60. The Balaban J connectivity index is 1.58. The van der Waals surface area contributed by atoms with E-state index in [0.717, 1.165) is 43.8 Å². The van der Waals surface area contributed by atoms with Gasteiger partial charge in [-0.1, -0.05) is 6.08 Å². The van der Waals surface area contributed by atoms with Gasteiger partial charge >= 0.3 is 12.5 Å². The van der Waals surface area contributed by atoms with Gasteiger partial charge in [0, 0.05) is 30.7 Å². The molecule has 2 aromatic heterocycles. The van der Waals surface area contributed by atoms with Gasteiger partial charge in [-0.05, 0) is 68.8 Å². The average molecular weight is 575 g/mol. The Kier molecular flexibility index (Phi) is 7.24. The van der Waals surface area contributed by atoms with E-state index in [-0.39, 0.29) is 22.0 Å². The number of oxazole rings is 1. The van der Waals surface area contributed by atoms with E-state index in [0.29, 0.717) is 43.4 Å². The van der Waals surface area contributed by atoms with Gasteiger partial charge in [0.05, 0.1) is 5.56 Å². The number of fused-ring (bicyclic) bond motifs is 3. The van der Waals surface area contributed by atoms with Crippen molar-refractivity contribution in [2.24, 2.45) is 23.7 Å². The first kappa shape index (κ1) is 27.9. The molecule has 5 rings (SSSR count). The number of nitrogens with zero attached hydrogens (tertiary/aromatic N) is 2. The average Bonchev–Trinajstić information content (AvgIpc) is 3.60. The van der Waals surface area contributed by atoms with Crippen molar-refractivity contribution >= 4 is 22.4 Å². The lowest BCUT2D eigenvalue weighted by atomic mass is 9.78. The summed E-state index contributed by atoms with van der Waals surface area (Å²) in [5.41, 5.74) is -4.48. The number of aromatic nitrogens is 2. The third-order valence-corrected chi connectivity index (χ3v) is 9.03. The number of alkyl halides is 6. The summed E-state index contributed by atoms with van der Waals surface area (Å²) >= 11 is 1.11. The summed E-state index contributed by atoms with van der Waals surface area (Å²) in [6.45, 7) is 4.60. The molecule has 5 nitrogen and oxygen atoms in total. The summed E-state index contributed by atoms with van der Waals surface area (Å²) in [6.07, 6.45) is -1.46. The highest BCUT2D eigenvalue weighted by Crippen LogP contribution is 2.52. The SMILES string of the molecule is C=CC1CC2CC(CCc3nc4c(OC(F)(F)F)c(C(C)(OC)C(F)(F)F)cc(-c5nccs5)c4o3)CC1C2. The van der Waals surface area contributed by atoms with E-state index in [9.17, 15) is 26.3 Å². The lowest BCUT2D eigenvalue weighted by Crippen LogP contribution is -2.42. The zero-order valence-electron chi connectivity index (χ0n) is 21.4. The number of allylic oxidation sites excluding steroid dienone is 1. The number of thiazole rings is 1. The molecule has 39 heavy (non-hydrogen) atoms. The molecule has 212 valence electrons. The standard InChI is InChI=1S/C27H28F6N2O3S/c1-4-16-11-15-9-14(10-17(16)12-15)5-6-20-35-21-22(37-20)18(24-34-7-8-39-24)13-19(23(21)38-27(31,32)33)25(2,36-3)26(28,29)30/h4,7-8,13-17H,1,5-6,9-12H2,2-3H3. The van der Waals surface area contributed by atoms with E-state index in [2.05, 4.69) is 21.3 Å². The van der Waals surface area contributed by atoms with Crippen molar-refractivity contribution < 1.29 is 40.2 Å². The number of ether oxygens (including phenoxy) is 2. The van der Waals surface area contributed by atoms with Gasteiger partial charge in [-0.25, -0.2) is 9.97 Å². The van der Waals surface area contributed by atoms with E-state index in [4.69, 9.17) is 9.15 Å². The molecular weight excluding hydrogens is 546 g/mol. The second-order valence-electron chi connectivity index (χ2n) is 10.6. The van der Waals surface area contributed by atoms with Crippen LogP contribution in [0.5, 0.6) is 5.75 Å². The molecule has 2 fully saturated rings. The predicted molar refractivity (Wildman–Crippen MR) is 133 cm³/mol. The number of halogens is 6. The van der Waals surface area contributed by atoms with Crippen LogP contribution in [-0.4, -0.2) is 29.6 Å². The van der Waals surface area contributed by atoms with Crippen LogP contribution < -0.4 is 4.74 Å². The maximum absolute atomic E-state index is 14.2. The highest BCUT2D eigenvalue weighted by molar-refractivity contribution is 7.13. The largest absolute Gasteiger partial charge is 0.573 e. The summed E-state index contributed by atoms with van der Waals surface area (Å²) in [6, 6.07) is 0.947. The van der Waals surface area contributed by atoms with Gasteiger partial charge in [0.15, 0.2) is 28.3 Å². The maximum atomic E-state index is 14.2. The monoisotopic (exact) mass is 574 g/mol. The number of benzene rings is 1. The third kappa shape index (κ3) is 5.29. The van der Waals surface area contributed by atoms with Gasteiger partial charge in [-0.3, -0.25) is 0 Å². The zero-order chi connectivity index (χ0) is 28.2. The number of hydrogen-bond donors (Lipinski definition) is 0. The van der Waals surface area contributed by atoms with Crippen LogP contribution in [0.1, 0.15) is 50.5 Å². The number of methoxy groups -OCH3 is 1. The Morgan fingerprint density at radius 1 is 1.15 bits per heavy atom. The van der Waals surface area contributed by atoms with E-state index in [1.807, 2.05) is 6.08 Å². The van der Waals surface area contributed by atoms with Gasteiger partial charge in [0.1, 0.15) is 5.01 Å². The van der Waals surface area contributed by atoms with Crippen LogP contribution in [0, 0.1) is 23.7 Å². The fraction of sp³-hybridized carbons (Fsp3) is 0.556. The van der Waals surface area contributed by atoms with Crippen molar-refractivity contribution in [1.29, 1.82) is 0 Å². The van der Waals surface area contributed by atoms with Crippen LogP contribution in [0.25, 0.3) is 21.7 Å². The molecule has 0 N–H and O–H groups in total. The van der Waals surface area contributed by atoms with Crippen molar-refractivity contribution in [2.75, 3.05) is 7.11 Å². The topological polar surface area (TPSA) is 57.4 Å². The molecule has 3 aromatic rings. The molecule has 0 aliphatic heterocycles. The van der Waals surface area contributed by atoms with E-state index in [1.165, 1.54) is 12.6 Å². The Bertz CT molecular complexity index is 1340. The first-order valence-electron chi connectivity index (χ1n) is 12.7. The number of rotatable bonds is 8. The van der Waals surface area contributed by atoms with Crippen LogP contribution >= 0.6 is 11.3 Å².